The lowest BCUT2D eigenvalue weighted by atomic mass is 9.76. The number of nitrogens with one attached hydrogen (secondary N) is 1. The van der Waals surface area contributed by atoms with E-state index in [4.69, 9.17) is 4.74 Å². The molecule has 0 spiro atoms. The summed E-state index contributed by atoms with van der Waals surface area (Å²) in [6.07, 6.45) is 2.47. The first kappa shape index (κ1) is 35.2. The Hall–Kier alpha value is -5.52. The predicted molar refractivity (Wildman–Crippen MR) is 206 cm³/mol. The third kappa shape index (κ3) is 6.76. The number of fused-ring (bicyclic) bond motifs is 2. The smallest absolute Gasteiger partial charge is 0.262 e. The lowest BCUT2D eigenvalue weighted by Gasteiger charge is -2.43. The van der Waals surface area contributed by atoms with Gasteiger partial charge in [-0.2, -0.15) is 0 Å². The molecule has 5 aliphatic rings. The molecule has 0 aromatic heterocycles. The highest BCUT2D eigenvalue weighted by Crippen LogP contribution is 2.47. The monoisotopic (exact) mass is 739 g/mol. The van der Waals surface area contributed by atoms with Crippen LogP contribution in [0.2, 0.25) is 0 Å². The fourth-order valence-electron chi connectivity index (χ4n) is 9.34. The van der Waals surface area contributed by atoms with E-state index in [0.29, 0.717) is 30.3 Å². The number of benzene rings is 4. The van der Waals surface area contributed by atoms with E-state index in [0.717, 1.165) is 73.9 Å². The average Bonchev–Trinajstić information content (AvgIpc) is 3.46. The molecule has 0 saturated carbocycles. The van der Waals surface area contributed by atoms with Crippen molar-refractivity contribution in [1.29, 1.82) is 0 Å². The maximum atomic E-state index is 13.3. The second-order valence-corrected chi connectivity index (χ2v) is 15.5. The molecule has 9 rings (SSSR count). The number of amides is 4. The molecule has 3 saturated heterocycles. The summed E-state index contributed by atoms with van der Waals surface area (Å²) >= 11 is 0. The minimum Gasteiger partial charge on any atom is -0.508 e. The number of aromatic hydroxyl groups is 1. The van der Waals surface area contributed by atoms with Crippen molar-refractivity contribution in [3.63, 3.8) is 0 Å². The molecule has 0 aliphatic carbocycles. The number of rotatable bonds is 7. The van der Waals surface area contributed by atoms with Gasteiger partial charge in [-0.25, -0.2) is 0 Å². The van der Waals surface area contributed by atoms with E-state index in [1.807, 2.05) is 18.2 Å². The highest BCUT2D eigenvalue weighted by Gasteiger charge is 2.44. The van der Waals surface area contributed by atoms with Crippen LogP contribution in [0.15, 0.2) is 91.0 Å². The second kappa shape index (κ2) is 14.6. The molecule has 1 unspecified atom stereocenters. The number of piperazine rings is 1. The van der Waals surface area contributed by atoms with Gasteiger partial charge in [0.05, 0.1) is 17.7 Å². The van der Waals surface area contributed by atoms with Crippen molar-refractivity contribution in [3.8, 4) is 11.5 Å². The van der Waals surface area contributed by atoms with Crippen LogP contribution < -0.4 is 15.0 Å². The molecule has 11 nitrogen and oxygen atoms in total. The Morgan fingerprint density at radius 3 is 2.22 bits per heavy atom. The summed E-state index contributed by atoms with van der Waals surface area (Å²) in [6.45, 7) is 7.07. The van der Waals surface area contributed by atoms with Gasteiger partial charge in [0.2, 0.25) is 11.8 Å². The van der Waals surface area contributed by atoms with Gasteiger partial charge in [0, 0.05) is 87.4 Å². The second-order valence-electron chi connectivity index (χ2n) is 15.5. The van der Waals surface area contributed by atoms with Crippen LogP contribution in [0.5, 0.6) is 11.5 Å². The molecule has 55 heavy (non-hydrogen) atoms. The predicted octanol–water partition coefficient (Wildman–Crippen LogP) is 4.89. The number of hydrogen-bond acceptors (Lipinski definition) is 9. The van der Waals surface area contributed by atoms with Gasteiger partial charge in [-0.15, -0.1) is 0 Å². The van der Waals surface area contributed by atoms with Gasteiger partial charge in [0.1, 0.15) is 17.5 Å². The molecule has 11 heteroatoms. The molecular formula is C44H45N5O6. The summed E-state index contributed by atoms with van der Waals surface area (Å²) in [5.41, 5.74) is 6.45. The molecular weight excluding hydrogens is 695 g/mol. The molecule has 4 amide bonds. The summed E-state index contributed by atoms with van der Waals surface area (Å²) < 4.78 is 6.17. The lowest BCUT2D eigenvalue weighted by molar-refractivity contribution is -0.136. The minimum absolute atomic E-state index is 0.103. The van der Waals surface area contributed by atoms with Crippen LogP contribution in [0.3, 0.4) is 0 Å². The van der Waals surface area contributed by atoms with Gasteiger partial charge in [0.15, 0.2) is 0 Å². The summed E-state index contributed by atoms with van der Waals surface area (Å²) in [6, 6.07) is 30.1. The first-order chi connectivity index (χ1) is 26.8. The van der Waals surface area contributed by atoms with E-state index in [9.17, 15) is 24.3 Å². The van der Waals surface area contributed by atoms with Gasteiger partial charge in [-0.05, 0) is 66.3 Å². The third-order valence-corrected chi connectivity index (χ3v) is 12.3. The number of ether oxygens (including phenoxy) is 1. The van der Waals surface area contributed by atoms with E-state index in [2.05, 4.69) is 68.5 Å². The van der Waals surface area contributed by atoms with E-state index >= 15 is 0 Å². The lowest BCUT2D eigenvalue weighted by Crippen LogP contribution is -2.54. The van der Waals surface area contributed by atoms with Crippen LogP contribution in [-0.2, 0) is 16.1 Å². The topological polar surface area (TPSA) is 123 Å². The average molecular weight is 740 g/mol. The van der Waals surface area contributed by atoms with Gasteiger partial charge in [-0.3, -0.25) is 39.2 Å². The van der Waals surface area contributed by atoms with Crippen LogP contribution in [0.1, 0.15) is 80.5 Å². The molecule has 4 aromatic carbocycles. The quantitative estimate of drug-likeness (QED) is 0.255. The molecule has 4 aromatic rings. The first-order valence-corrected chi connectivity index (χ1v) is 19.5. The normalized spacial score (nSPS) is 23.7. The van der Waals surface area contributed by atoms with Crippen molar-refractivity contribution in [3.05, 3.63) is 124 Å². The number of anilines is 1. The van der Waals surface area contributed by atoms with Crippen molar-refractivity contribution in [1.82, 2.24) is 20.0 Å². The summed E-state index contributed by atoms with van der Waals surface area (Å²) in [5, 5.41) is 12.4. The van der Waals surface area contributed by atoms with E-state index in [1.54, 1.807) is 24.3 Å². The van der Waals surface area contributed by atoms with Crippen LogP contribution in [0.4, 0.5) is 5.69 Å². The Kier molecular flexibility index (Phi) is 9.35. The van der Waals surface area contributed by atoms with Crippen molar-refractivity contribution in [2.45, 2.75) is 56.1 Å². The highest BCUT2D eigenvalue weighted by molar-refractivity contribution is 6.23. The molecule has 2 N–H and O–H groups in total. The summed E-state index contributed by atoms with van der Waals surface area (Å²) in [5.74, 6) is -0.662. The zero-order valence-electron chi connectivity index (χ0n) is 30.7. The summed E-state index contributed by atoms with van der Waals surface area (Å²) in [4.78, 5) is 59.0. The first-order valence-electron chi connectivity index (χ1n) is 19.5. The van der Waals surface area contributed by atoms with Gasteiger partial charge < -0.3 is 14.7 Å². The van der Waals surface area contributed by atoms with Crippen LogP contribution in [0.25, 0.3) is 0 Å². The maximum absolute atomic E-state index is 13.3. The van der Waals surface area contributed by atoms with E-state index < -0.39 is 23.8 Å². The van der Waals surface area contributed by atoms with Crippen LogP contribution in [0, 0.1) is 0 Å². The standard InChI is InChI=1S/C44H45N5O6/c50-33-11-13-35-39(25-33)55-27-37(29-4-2-1-3-5-29)41(35)30-7-9-31(10-8-30)47-18-16-32(17-19-47)48-22-20-46(21-23-48)26-28-6-12-34-36(24-28)44(54)49(43(34)53)38-14-15-40(51)45-42(38)52/h1-13,24-25,32,37-38,41,50H,14-23,26-27H2,(H,45,51,52)/t37-,38?,41-/m1/s1. The number of nitrogens with zero attached hydrogens (tertiary/aromatic N) is 4. The molecule has 0 bridgehead atoms. The zero-order chi connectivity index (χ0) is 37.6. The SMILES string of the molecule is O=C1CCC(N2C(=O)c3ccc(CN4CCN(C5CCN(c6ccc([C@@H]7c8ccc(O)cc8OC[C@@H]7c7ccccc7)cc6)CC5)CC4)cc3C2=O)C(=O)N1. The van der Waals surface area contributed by atoms with E-state index in [-0.39, 0.29) is 36.3 Å². The number of phenolic OH excluding ortho intramolecular Hbond substituents is 1. The van der Waals surface area contributed by atoms with Crippen molar-refractivity contribution in [2.24, 2.45) is 0 Å². The van der Waals surface area contributed by atoms with Gasteiger partial charge >= 0.3 is 0 Å². The third-order valence-electron chi connectivity index (χ3n) is 12.3. The van der Waals surface area contributed by atoms with Gasteiger partial charge in [-0.1, -0.05) is 54.6 Å². The Bertz CT molecular complexity index is 2120. The molecule has 5 heterocycles. The number of hydrogen-bond donors (Lipinski definition) is 2. The fourth-order valence-corrected chi connectivity index (χ4v) is 9.34. The summed E-state index contributed by atoms with van der Waals surface area (Å²) in [7, 11) is 0. The molecule has 3 fully saturated rings. The van der Waals surface area contributed by atoms with Gasteiger partial charge in [0.25, 0.3) is 11.8 Å². The number of carbonyl (C=O) groups excluding carboxylic acids is 4. The van der Waals surface area contributed by atoms with Crippen molar-refractivity contribution < 1.29 is 29.0 Å². The zero-order valence-corrected chi connectivity index (χ0v) is 30.7. The Labute approximate surface area is 320 Å². The molecule has 5 aliphatic heterocycles. The molecule has 0 radical (unpaired) electrons. The van der Waals surface area contributed by atoms with Crippen molar-refractivity contribution in [2.75, 3.05) is 50.8 Å². The highest BCUT2D eigenvalue weighted by atomic mass is 16.5. The number of phenols is 1. The van der Waals surface area contributed by atoms with Crippen molar-refractivity contribution >= 4 is 29.3 Å². The fraction of sp³-hybridized carbons (Fsp3) is 0.364. The van der Waals surface area contributed by atoms with Crippen LogP contribution >= 0.6 is 0 Å². The van der Waals surface area contributed by atoms with Crippen LogP contribution in [-0.4, -0.2) is 101 Å². The maximum Gasteiger partial charge on any atom is 0.262 e. The number of piperidine rings is 2. The largest absolute Gasteiger partial charge is 0.508 e. The molecule has 3 atom stereocenters. The minimum atomic E-state index is -0.958. The molecule has 282 valence electrons. The Balaban J connectivity index is 0.790. The number of imide groups is 2. The Morgan fingerprint density at radius 2 is 1.47 bits per heavy atom. The van der Waals surface area contributed by atoms with E-state index in [1.165, 1.54) is 16.8 Å². The number of carbonyl (C=O) groups is 4. The Morgan fingerprint density at radius 1 is 0.727 bits per heavy atom.